The molecule has 0 aromatic heterocycles. The Labute approximate surface area is 159 Å². The topological polar surface area (TPSA) is 65.9 Å². The predicted octanol–water partition coefficient (Wildman–Crippen LogP) is 2.93. The Kier molecular flexibility index (Phi) is 17.5. The van der Waals surface area contributed by atoms with Crippen molar-refractivity contribution < 1.29 is 23.0 Å². The molecule has 146 valence electrons. The summed E-state index contributed by atoms with van der Waals surface area (Å²) in [5.41, 5.74) is 0. The van der Waals surface area contributed by atoms with Crippen LogP contribution in [0.2, 0.25) is 0 Å². The molecule has 0 aliphatic heterocycles. The summed E-state index contributed by atoms with van der Waals surface area (Å²) in [4.78, 5) is 4.47. The largest absolute Gasteiger partial charge is 0.411 e. The van der Waals surface area contributed by atoms with Crippen LogP contribution in [0.3, 0.4) is 0 Å². The van der Waals surface area contributed by atoms with E-state index in [2.05, 4.69) is 27.3 Å². The van der Waals surface area contributed by atoms with E-state index >= 15 is 0 Å². The lowest BCUT2D eigenvalue weighted by Crippen LogP contribution is -2.38. The second-order valence-corrected chi connectivity index (χ2v) is 5.33. The van der Waals surface area contributed by atoms with Gasteiger partial charge in [0, 0.05) is 32.8 Å². The maximum absolute atomic E-state index is 11.9. The third-order valence-corrected chi connectivity index (χ3v) is 3.11. The quantitative estimate of drug-likeness (QED) is 0.178. The molecule has 0 saturated carbocycles. The first-order valence-electron chi connectivity index (χ1n) is 8.20. The lowest BCUT2D eigenvalue weighted by Gasteiger charge is -2.15. The molecule has 0 spiro atoms. The number of hydrogen-bond acceptors (Lipinski definition) is 3. The molecule has 0 aromatic rings. The van der Waals surface area contributed by atoms with Crippen molar-refractivity contribution in [2.24, 2.45) is 10.9 Å². The highest BCUT2D eigenvalue weighted by Gasteiger charge is 2.27. The van der Waals surface area contributed by atoms with Gasteiger partial charge in [0.05, 0.1) is 0 Å². The maximum Gasteiger partial charge on any atom is 0.411 e. The summed E-state index contributed by atoms with van der Waals surface area (Å²) in [6.07, 6.45) is -1.03. The van der Waals surface area contributed by atoms with E-state index in [0.29, 0.717) is 37.9 Å². The van der Waals surface area contributed by atoms with Crippen molar-refractivity contribution in [1.82, 2.24) is 10.6 Å². The van der Waals surface area contributed by atoms with Crippen molar-refractivity contribution in [1.29, 1.82) is 0 Å². The van der Waals surface area contributed by atoms with E-state index < -0.39 is 12.8 Å². The number of aliphatic hydroxyl groups excluding tert-OH is 1. The molecule has 0 heterocycles. The Morgan fingerprint density at radius 2 is 1.92 bits per heavy atom. The number of aliphatic imine (C=N–C) groups is 1. The molecule has 9 heteroatoms. The van der Waals surface area contributed by atoms with Gasteiger partial charge in [0.1, 0.15) is 6.61 Å². The summed E-state index contributed by atoms with van der Waals surface area (Å²) in [5.74, 6) is 0.984. The van der Waals surface area contributed by atoms with Gasteiger partial charge in [0.2, 0.25) is 0 Å². The summed E-state index contributed by atoms with van der Waals surface area (Å²) in [5, 5.41) is 15.2. The highest BCUT2D eigenvalue weighted by atomic mass is 127. The van der Waals surface area contributed by atoms with Crippen LogP contribution in [0.25, 0.3) is 0 Å². The predicted molar refractivity (Wildman–Crippen MR) is 101 cm³/mol. The van der Waals surface area contributed by atoms with Crippen molar-refractivity contribution in [3.63, 3.8) is 0 Å². The molecular weight excluding hydrogens is 438 g/mol. The van der Waals surface area contributed by atoms with Crippen molar-refractivity contribution >= 4 is 29.9 Å². The summed E-state index contributed by atoms with van der Waals surface area (Å²) in [7, 11) is 0. The summed E-state index contributed by atoms with van der Waals surface area (Å²) in [6.45, 7) is 4.85. The minimum absolute atomic E-state index is 0. The van der Waals surface area contributed by atoms with E-state index in [1.807, 2.05) is 6.92 Å². The first-order valence-corrected chi connectivity index (χ1v) is 8.20. The van der Waals surface area contributed by atoms with Gasteiger partial charge in [-0.05, 0) is 32.1 Å². The number of ether oxygens (including phenoxy) is 1. The van der Waals surface area contributed by atoms with Crippen LogP contribution in [0.4, 0.5) is 13.2 Å². The van der Waals surface area contributed by atoms with E-state index in [1.54, 1.807) is 0 Å². The minimum atomic E-state index is -4.27. The van der Waals surface area contributed by atoms with Gasteiger partial charge in [-0.25, -0.2) is 0 Å². The smallest absolute Gasteiger partial charge is 0.396 e. The molecule has 0 aliphatic rings. The van der Waals surface area contributed by atoms with Gasteiger partial charge in [0.15, 0.2) is 5.96 Å². The van der Waals surface area contributed by atoms with Crippen LogP contribution in [0.5, 0.6) is 0 Å². The van der Waals surface area contributed by atoms with Crippen LogP contribution in [0, 0.1) is 5.92 Å². The fraction of sp³-hybridized carbons (Fsp3) is 0.933. The van der Waals surface area contributed by atoms with Crippen LogP contribution in [-0.4, -0.2) is 56.7 Å². The van der Waals surface area contributed by atoms with Crippen molar-refractivity contribution in [2.75, 3.05) is 39.5 Å². The number of halogens is 4. The molecule has 1 atom stereocenters. The Morgan fingerprint density at radius 1 is 1.21 bits per heavy atom. The SMILES string of the molecule is CCCC(CCO)CN=C(NCC)NCCCOCC(F)(F)F.I. The van der Waals surface area contributed by atoms with Crippen LogP contribution in [0.1, 0.15) is 39.5 Å². The molecule has 0 aromatic carbocycles. The fourth-order valence-corrected chi connectivity index (χ4v) is 2.05. The molecule has 0 fully saturated rings. The molecule has 0 rings (SSSR count). The number of nitrogens with one attached hydrogen (secondary N) is 2. The fourth-order valence-electron chi connectivity index (χ4n) is 2.05. The molecule has 0 aliphatic carbocycles. The molecule has 0 saturated heterocycles. The molecular formula is C15H31F3IN3O2. The molecule has 5 nitrogen and oxygen atoms in total. The number of aliphatic hydroxyl groups is 1. The van der Waals surface area contributed by atoms with Gasteiger partial charge in [-0.2, -0.15) is 13.2 Å². The Balaban J connectivity index is 0. The van der Waals surface area contributed by atoms with Gasteiger partial charge in [-0.3, -0.25) is 4.99 Å². The van der Waals surface area contributed by atoms with Crippen molar-refractivity contribution in [3.8, 4) is 0 Å². The highest BCUT2D eigenvalue weighted by Crippen LogP contribution is 2.14. The van der Waals surface area contributed by atoms with Crippen LogP contribution in [0.15, 0.2) is 4.99 Å². The molecule has 1 unspecified atom stereocenters. The standard InChI is InChI=1S/C15H30F3N3O2.HI/c1-3-6-13(7-9-22)11-21-14(19-4-2)20-8-5-10-23-12-15(16,17)18;/h13,22H,3-12H2,1-2H3,(H2,19,20,21);1H. The average Bonchev–Trinajstić information content (AvgIpc) is 2.47. The number of guanidine groups is 1. The second-order valence-electron chi connectivity index (χ2n) is 5.33. The van der Waals surface area contributed by atoms with Gasteiger partial charge >= 0.3 is 6.18 Å². The summed E-state index contributed by atoms with van der Waals surface area (Å²) >= 11 is 0. The Morgan fingerprint density at radius 3 is 2.46 bits per heavy atom. The van der Waals surface area contributed by atoms with Gasteiger partial charge in [-0.15, -0.1) is 24.0 Å². The van der Waals surface area contributed by atoms with E-state index in [0.717, 1.165) is 19.3 Å². The normalized spacial score (nSPS) is 13.3. The molecule has 0 amide bonds. The molecule has 0 radical (unpaired) electrons. The molecule has 0 bridgehead atoms. The van der Waals surface area contributed by atoms with Gasteiger partial charge < -0.3 is 20.5 Å². The number of hydrogen-bond donors (Lipinski definition) is 3. The Bertz CT molecular complexity index is 313. The third kappa shape index (κ3) is 16.6. The molecule has 24 heavy (non-hydrogen) atoms. The summed E-state index contributed by atoms with van der Waals surface area (Å²) < 4.78 is 40.3. The molecule has 3 N–H and O–H groups in total. The maximum atomic E-state index is 11.9. The second kappa shape index (κ2) is 16.2. The average molecular weight is 469 g/mol. The first kappa shape index (κ1) is 25.9. The van der Waals surface area contributed by atoms with Crippen LogP contribution >= 0.6 is 24.0 Å². The third-order valence-electron chi connectivity index (χ3n) is 3.11. The monoisotopic (exact) mass is 469 g/mol. The highest BCUT2D eigenvalue weighted by molar-refractivity contribution is 14.0. The van der Waals surface area contributed by atoms with Gasteiger partial charge in [-0.1, -0.05) is 13.3 Å². The van der Waals surface area contributed by atoms with Crippen LogP contribution < -0.4 is 10.6 Å². The zero-order valence-electron chi connectivity index (χ0n) is 14.5. The van der Waals surface area contributed by atoms with E-state index in [-0.39, 0.29) is 37.2 Å². The first-order chi connectivity index (χ1) is 10.9. The van der Waals surface area contributed by atoms with Gasteiger partial charge in [0.25, 0.3) is 0 Å². The number of alkyl halides is 3. The van der Waals surface area contributed by atoms with E-state index in [1.165, 1.54) is 0 Å². The van der Waals surface area contributed by atoms with Crippen molar-refractivity contribution in [2.45, 2.75) is 45.7 Å². The lowest BCUT2D eigenvalue weighted by molar-refractivity contribution is -0.173. The Hall–Kier alpha value is -0.290. The number of nitrogens with zero attached hydrogens (tertiary/aromatic N) is 1. The number of rotatable bonds is 12. The lowest BCUT2D eigenvalue weighted by atomic mass is 10.0. The van der Waals surface area contributed by atoms with E-state index in [4.69, 9.17) is 5.11 Å². The zero-order chi connectivity index (χ0) is 17.6. The zero-order valence-corrected chi connectivity index (χ0v) is 16.8. The summed E-state index contributed by atoms with van der Waals surface area (Å²) in [6, 6.07) is 0. The minimum Gasteiger partial charge on any atom is -0.396 e. The van der Waals surface area contributed by atoms with Crippen LogP contribution in [-0.2, 0) is 4.74 Å². The van der Waals surface area contributed by atoms with E-state index in [9.17, 15) is 13.2 Å². The van der Waals surface area contributed by atoms with Crippen molar-refractivity contribution in [3.05, 3.63) is 0 Å².